The summed E-state index contributed by atoms with van der Waals surface area (Å²) in [7, 11) is 0. The summed E-state index contributed by atoms with van der Waals surface area (Å²) in [5, 5.41) is 5.34. The second-order valence-corrected chi connectivity index (χ2v) is 6.52. The molecule has 6 nitrogen and oxygen atoms in total. The van der Waals surface area contributed by atoms with Gasteiger partial charge in [0.2, 0.25) is 0 Å². The van der Waals surface area contributed by atoms with E-state index in [1.54, 1.807) is 23.0 Å². The first-order valence-corrected chi connectivity index (χ1v) is 8.36. The SMILES string of the molecule is O=c1c2nn(C3CC3)cc2c2ccc(C(F)(F)F)nc2n1-c1cccnc1. The van der Waals surface area contributed by atoms with Gasteiger partial charge in [-0.3, -0.25) is 19.0 Å². The number of aromatic nitrogens is 5. The Balaban J connectivity index is 1.93. The van der Waals surface area contributed by atoms with Crippen LogP contribution >= 0.6 is 0 Å². The Kier molecular flexibility index (Phi) is 3.19. The van der Waals surface area contributed by atoms with E-state index in [2.05, 4.69) is 15.1 Å². The van der Waals surface area contributed by atoms with Crippen LogP contribution in [0.4, 0.5) is 13.2 Å². The lowest BCUT2D eigenvalue weighted by Gasteiger charge is -2.12. The van der Waals surface area contributed by atoms with Crippen LogP contribution in [0.1, 0.15) is 24.6 Å². The molecule has 0 amide bonds. The molecular formula is C18H12F3N5O. The molecular weight excluding hydrogens is 359 g/mol. The molecule has 0 N–H and O–H groups in total. The van der Waals surface area contributed by atoms with Gasteiger partial charge >= 0.3 is 6.18 Å². The van der Waals surface area contributed by atoms with E-state index in [-0.39, 0.29) is 17.2 Å². The number of halogens is 3. The van der Waals surface area contributed by atoms with Gasteiger partial charge in [0.1, 0.15) is 11.3 Å². The Morgan fingerprint density at radius 1 is 1.11 bits per heavy atom. The van der Waals surface area contributed by atoms with Crippen molar-refractivity contribution in [2.24, 2.45) is 0 Å². The number of alkyl halides is 3. The normalized spacial score (nSPS) is 14.9. The molecule has 136 valence electrons. The first kappa shape index (κ1) is 16.0. The molecule has 5 rings (SSSR count). The molecule has 4 aromatic rings. The zero-order valence-corrected chi connectivity index (χ0v) is 13.8. The van der Waals surface area contributed by atoms with Crippen LogP contribution in [0.25, 0.3) is 27.6 Å². The molecule has 0 unspecified atom stereocenters. The Labute approximate surface area is 149 Å². The van der Waals surface area contributed by atoms with Gasteiger partial charge in [0.15, 0.2) is 5.52 Å². The third-order valence-electron chi connectivity index (χ3n) is 4.63. The monoisotopic (exact) mass is 371 g/mol. The maximum absolute atomic E-state index is 13.2. The summed E-state index contributed by atoms with van der Waals surface area (Å²) in [4.78, 5) is 20.8. The molecule has 4 aromatic heterocycles. The van der Waals surface area contributed by atoms with Gasteiger partial charge in [-0.1, -0.05) is 0 Å². The van der Waals surface area contributed by atoms with Gasteiger partial charge in [-0.25, -0.2) is 4.98 Å². The van der Waals surface area contributed by atoms with Crippen molar-refractivity contribution in [2.75, 3.05) is 0 Å². The van der Waals surface area contributed by atoms with Gasteiger partial charge in [0.05, 0.1) is 17.9 Å². The lowest BCUT2D eigenvalue weighted by molar-refractivity contribution is -0.141. The first-order valence-electron chi connectivity index (χ1n) is 8.36. The van der Waals surface area contributed by atoms with Gasteiger partial charge in [-0.15, -0.1) is 0 Å². The average molecular weight is 371 g/mol. The van der Waals surface area contributed by atoms with Gasteiger partial charge in [0.25, 0.3) is 5.56 Å². The van der Waals surface area contributed by atoms with Crippen molar-refractivity contribution in [1.29, 1.82) is 0 Å². The van der Waals surface area contributed by atoms with Crippen LogP contribution in [-0.4, -0.2) is 24.3 Å². The molecule has 0 radical (unpaired) electrons. The zero-order valence-electron chi connectivity index (χ0n) is 13.8. The van der Waals surface area contributed by atoms with Crippen molar-refractivity contribution in [3.05, 3.63) is 58.9 Å². The van der Waals surface area contributed by atoms with Crippen molar-refractivity contribution in [3.63, 3.8) is 0 Å². The molecule has 0 atom stereocenters. The fourth-order valence-electron chi connectivity index (χ4n) is 3.19. The van der Waals surface area contributed by atoms with Crippen LogP contribution in [0.3, 0.4) is 0 Å². The van der Waals surface area contributed by atoms with E-state index in [0.29, 0.717) is 16.5 Å². The fraction of sp³-hybridized carbons (Fsp3) is 0.222. The summed E-state index contributed by atoms with van der Waals surface area (Å²) >= 11 is 0. The molecule has 4 heterocycles. The zero-order chi connectivity index (χ0) is 18.8. The minimum atomic E-state index is -4.61. The average Bonchev–Trinajstić information content (AvgIpc) is 3.40. The second kappa shape index (κ2) is 5.38. The predicted molar refractivity (Wildman–Crippen MR) is 91.7 cm³/mol. The second-order valence-electron chi connectivity index (χ2n) is 6.52. The predicted octanol–water partition coefficient (Wildman–Crippen LogP) is 3.48. The number of fused-ring (bicyclic) bond motifs is 3. The summed E-state index contributed by atoms with van der Waals surface area (Å²) in [6.07, 6.45) is 1.98. The molecule has 0 bridgehead atoms. The molecule has 1 aliphatic rings. The first-order chi connectivity index (χ1) is 12.9. The van der Waals surface area contributed by atoms with Crippen LogP contribution < -0.4 is 5.56 Å². The van der Waals surface area contributed by atoms with E-state index in [0.717, 1.165) is 23.5 Å². The molecule has 0 saturated heterocycles. The number of nitrogens with zero attached hydrogens (tertiary/aromatic N) is 5. The maximum Gasteiger partial charge on any atom is 0.433 e. The Morgan fingerprint density at radius 3 is 2.59 bits per heavy atom. The molecule has 0 aliphatic heterocycles. The standard InChI is InChI=1S/C18H12F3N5O/c19-18(20,21)14-6-5-12-13-9-25(10-3-4-10)24-15(13)17(27)26(16(12)23-14)11-2-1-7-22-8-11/h1-2,5-10H,3-4H2. The number of hydrogen-bond donors (Lipinski definition) is 0. The summed E-state index contributed by atoms with van der Waals surface area (Å²) in [5.74, 6) is 0. The number of rotatable bonds is 2. The summed E-state index contributed by atoms with van der Waals surface area (Å²) < 4.78 is 42.5. The van der Waals surface area contributed by atoms with Gasteiger partial charge in [-0.2, -0.15) is 18.3 Å². The van der Waals surface area contributed by atoms with Crippen LogP contribution in [0.2, 0.25) is 0 Å². The van der Waals surface area contributed by atoms with E-state index >= 15 is 0 Å². The Hall–Kier alpha value is -3.23. The van der Waals surface area contributed by atoms with Crippen LogP contribution in [0.15, 0.2) is 47.7 Å². The molecule has 1 fully saturated rings. The molecule has 0 spiro atoms. The molecule has 0 aromatic carbocycles. The van der Waals surface area contributed by atoms with E-state index in [1.165, 1.54) is 18.5 Å². The lowest BCUT2D eigenvalue weighted by Crippen LogP contribution is -2.21. The highest BCUT2D eigenvalue weighted by molar-refractivity contribution is 6.03. The highest BCUT2D eigenvalue weighted by atomic mass is 19.4. The van der Waals surface area contributed by atoms with E-state index in [1.807, 2.05) is 0 Å². The fourth-order valence-corrected chi connectivity index (χ4v) is 3.19. The van der Waals surface area contributed by atoms with E-state index in [4.69, 9.17) is 0 Å². The summed E-state index contributed by atoms with van der Waals surface area (Å²) in [6, 6.07) is 5.71. The van der Waals surface area contributed by atoms with Gasteiger partial charge in [0, 0.05) is 23.2 Å². The Morgan fingerprint density at radius 2 is 1.93 bits per heavy atom. The lowest BCUT2D eigenvalue weighted by atomic mass is 10.1. The molecule has 1 aliphatic carbocycles. The Bertz CT molecular complexity index is 1240. The van der Waals surface area contributed by atoms with Crippen molar-refractivity contribution in [2.45, 2.75) is 25.1 Å². The summed E-state index contributed by atoms with van der Waals surface area (Å²) in [6.45, 7) is 0. The minimum Gasteiger partial charge on any atom is -0.268 e. The highest BCUT2D eigenvalue weighted by Gasteiger charge is 2.33. The van der Waals surface area contributed by atoms with E-state index in [9.17, 15) is 18.0 Å². The molecule has 27 heavy (non-hydrogen) atoms. The van der Waals surface area contributed by atoms with Crippen molar-refractivity contribution < 1.29 is 13.2 Å². The largest absolute Gasteiger partial charge is 0.433 e. The molecule has 1 saturated carbocycles. The van der Waals surface area contributed by atoms with Crippen molar-refractivity contribution in [1.82, 2.24) is 24.3 Å². The van der Waals surface area contributed by atoms with E-state index < -0.39 is 17.4 Å². The van der Waals surface area contributed by atoms with Crippen LogP contribution in [0.5, 0.6) is 0 Å². The van der Waals surface area contributed by atoms with Crippen LogP contribution in [-0.2, 0) is 6.18 Å². The van der Waals surface area contributed by atoms with Crippen LogP contribution in [0, 0.1) is 0 Å². The summed E-state index contributed by atoms with van der Waals surface area (Å²) in [5.41, 5.74) is -1.09. The number of hydrogen-bond acceptors (Lipinski definition) is 4. The number of pyridine rings is 3. The smallest absolute Gasteiger partial charge is 0.268 e. The minimum absolute atomic E-state index is 0.0642. The topological polar surface area (TPSA) is 65.6 Å². The third kappa shape index (κ3) is 2.49. The maximum atomic E-state index is 13.2. The molecule has 9 heteroatoms. The van der Waals surface area contributed by atoms with Gasteiger partial charge in [-0.05, 0) is 37.1 Å². The highest BCUT2D eigenvalue weighted by Crippen LogP contribution is 2.36. The quantitative estimate of drug-likeness (QED) is 0.541. The van der Waals surface area contributed by atoms with Crippen molar-refractivity contribution >= 4 is 21.9 Å². The third-order valence-corrected chi connectivity index (χ3v) is 4.63. The van der Waals surface area contributed by atoms with Gasteiger partial charge < -0.3 is 0 Å². The van der Waals surface area contributed by atoms with Crippen molar-refractivity contribution in [3.8, 4) is 5.69 Å².